The molecule has 0 aliphatic heterocycles. The molecule has 1 aromatic heterocycles. The Kier molecular flexibility index (Phi) is 6.18. The van der Waals surface area contributed by atoms with Crippen molar-refractivity contribution < 1.29 is 10.2 Å². The summed E-state index contributed by atoms with van der Waals surface area (Å²) in [7, 11) is 0. The van der Waals surface area contributed by atoms with E-state index in [1.165, 1.54) is 11.3 Å². The second kappa shape index (κ2) is 9.55. The van der Waals surface area contributed by atoms with E-state index < -0.39 is 12.2 Å². The summed E-state index contributed by atoms with van der Waals surface area (Å²) in [4.78, 5) is 1.66. The van der Waals surface area contributed by atoms with E-state index in [0.717, 1.165) is 43.1 Å². The lowest BCUT2D eigenvalue weighted by Crippen LogP contribution is -1.99. The third-order valence-corrected chi connectivity index (χ3v) is 7.11. The summed E-state index contributed by atoms with van der Waals surface area (Å²) in [5.41, 5.74) is 5.63. The van der Waals surface area contributed by atoms with Crippen molar-refractivity contribution in [2.75, 3.05) is 0 Å². The topological polar surface area (TPSA) is 40.5 Å². The van der Waals surface area contributed by atoms with Gasteiger partial charge in [0.25, 0.3) is 0 Å². The SMILES string of the molecule is OC(c1ccccc1)c1sc(C(O)c2ccccc2)c(-c2ccccc2)c1-c1ccccc1. The van der Waals surface area contributed by atoms with Crippen molar-refractivity contribution in [1.82, 2.24) is 0 Å². The summed E-state index contributed by atoms with van der Waals surface area (Å²) in [6.45, 7) is 0. The van der Waals surface area contributed by atoms with Gasteiger partial charge in [-0.3, -0.25) is 0 Å². The van der Waals surface area contributed by atoms with Crippen molar-refractivity contribution in [1.29, 1.82) is 0 Å². The summed E-state index contributed by atoms with van der Waals surface area (Å²) in [5.74, 6) is 0. The van der Waals surface area contributed by atoms with Crippen LogP contribution < -0.4 is 0 Å². The van der Waals surface area contributed by atoms with E-state index in [0.29, 0.717) is 0 Å². The van der Waals surface area contributed by atoms with Crippen LogP contribution in [0.3, 0.4) is 0 Å². The molecule has 5 rings (SSSR count). The lowest BCUT2D eigenvalue weighted by atomic mass is 9.90. The molecule has 0 bridgehead atoms. The third kappa shape index (κ3) is 4.27. The van der Waals surface area contributed by atoms with Crippen LogP contribution in [0.15, 0.2) is 121 Å². The number of aliphatic hydroxyl groups is 2. The van der Waals surface area contributed by atoms with Crippen LogP contribution in [0.1, 0.15) is 33.1 Å². The van der Waals surface area contributed by atoms with Gasteiger partial charge in [0, 0.05) is 20.9 Å². The molecule has 0 saturated heterocycles. The van der Waals surface area contributed by atoms with Crippen molar-refractivity contribution in [3.8, 4) is 22.3 Å². The van der Waals surface area contributed by atoms with E-state index in [2.05, 4.69) is 24.3 Å². The first-order valence-corrected chi connectivity index (χ1v) is 11.8. The van der Waals surface area contributed by atoms with Gasteiger partial charge in [-0.1, -0.05) is 121 Å². The van der Waals surface area contributed by atoms with Crippen molar-refractivity contribution >= 4 is 11.3 Å². The van der Waals surface area contributed by atoms with Crippen LogP contribution in [0.25, 0.3) is 22.3 Å². The molecule has 1 heterocycles. The summed E-state index contributed by atoms with van der Waals surface area (Å²) in [6.07, 6.45) is -1.60. The van der Waals surface area contributed by atoms with E-state index >= 15 is 0 Å². The van der Waals surface area contributed by atoms with E-state index in [4.69, 9.17) is 0 Å². The van der Waals surface area contributed by atoms with Crippen LogP contribution >= 0.6 is 11.3 Å². The standard InChI is InChI=1S/C30H24O2S/c31-27(23-17-9-3-10-18-23)29-25(21-13-5-1-6-14-21)26(22-15-7-2-8-16-22)30(33-29)28(32)24-19-11-4-12-20-24/h1-20,27-28,31-32H. The van der Waals surface area contributed by atoms with Crippen LogP contribution in [0.4, 0.5) is 0 Å². The fourth-order valence-electron chi connectivity index (χ4n) is 4.21. The van der Waals surface area contributed by atoms with E-state index in [1.807, 2.05) is 97.1 Å². The van der Waals surface area contributed by atoms with Crippen molar-refractivity contribution in [2.45, 2.75) is 12.2 Å². The van der Waals surface area contributed by atoms with Gasteiger partial charge in [-0.05, 0) is 22.3 Å². The fourth-order valence-corrected chi connectivity index (χ4v) is 5.58. The average Bonchev–Trinajstić information content (AvgIpc) is 3.30. The van der Waals surface area contributed by atoms with Gasteiger partial charge in [0.05, 0.1) is 0 Å². The van der Waals surface area contributed by atoms with Crippen LogP contribution in [-0.2, 0) is 0 Å². The molecule has 0 radical (unpaired) electrons. The first-order valence-electron chi connectivity index (χ1n) is 11.0. The molecule has 5 aromatic rings. The zero-order valence-electron chi connectivity index (χ0n) is 18.0. The molecule has 2 N–H and O–H groups in total. The van der Waals surface area contributed by atoms with Gasteiger partial charge in [0.15, 0.2) is 0 Å². The molecule has 162 valence electrons. The van der Waals surface area contributed by atoms with Gasteiger partial charge in [0.1, 0.15) is 12.2 Å². The van der Waals surface area contributed by atoms with E-state index in [1.54, 1.807) is 0 Å². The molecule has 0 spiro atoms. The summed E-state index contributed by atoms with van der Waals surface area (Å²) >= 11 is 1.48. The highest BCUT2D eigenvalue weighted by molar-refractivity contribution is 7.13. The molecular formula is C30H24O2S. The number of thiophene rings is 1. The molecule has 3 heteroatoms. The number of aliphatic hydroxyl groups excluding tert-OH is 2. The van der Waals surface area contributed by atoms with Gasteiger partial charge in [-0.25, -0.2) is 0 Å². The Bertz CT molecular complexity index is 1210. The Balaban J connectivity index is 1.80. The maximum atomic E-state index is 11.5. The predicted octanol–water partition coefficient (Wildman–Crippen LogP) is 7.25. The van der Waals surface area contributed by atoms with Crippen molar-refractivity contribution in [3.63, 3.8) is 0 Å². The molecule has 0 aliphatic carbocycles. The predicted molar refractivity (Wildman–Crippen MR) is 136 cm³/mol. The Hall–Kier alpha value is -3.50. The molecule has 2 unspecified atom stereocenters. The van der Waals surface area contributed by atoms with Crippen molar-refractivity contribution in [2.24, 2.45) is 0 Å². The molecule has 0 fully saturated rings. The zero-order chi connectivity index (χ0) is 22.6. The summed E-state index contributed by atoms with van der Waals surface area (Å²) in [6, 6.07) is 39.7. The van der Waals surface area contributed by atoms with Gasteiger partial charge >= 0.3 is 0 Å². The summed E-state index contributed by atoms with van der Waals surface area (Å²) < 4.78 is 0. The Labute approximate surface area is 198 Å². The van der Waals surface area contributed by atoms with Gasteiger partial charge < -0.3 is 10.2 Å². The average molecular weight is 449 g/mol. The van der Waals surface area contributed by atoms with Crippen LogP contribution in [0.2, 0.25) is 0 Å². The first-order chi connectivity index (χ1) is 16.2. The maximum Gasteiger partial charge on any atom is 0.114 e. The van der Waals surface area contributed by atoms with Crippen LogP contribution in [0, 0.1) is 0 Å². The minimum Gasteiger partial charge on any atom is -0.383 e. The second-order valence-corrected chi connectivity index (χ2v) is 9.02. The first kappa shape index (κ1) is 21.4. The Morgan fingerprint density at radius 1 is 0.424 bits per heavy atom. The minimum absolute atomic E-state index is 0.800. The maximum absolute atomic E-state index is 11.5. The highest BCUT2D eigenvalue weighted by atomic mass is 32.1. The highest BCUT2D eigenvalue weighted by Gasteiger charge is 2.29. The molecule has 33 heavy (non-hydrogen) atoms. The van der Waals surface area contributed by atoms with E-state index in [-0.39, 0.29) is 0 Å². The number of hydrogen-bond acceptors (Lipinski definition) is 3. The largest absolute Gasteiger partial charge is 0.383 e. The molecule has 0 aliphatic rings. The number of benzene rings is 4. The lowest BCUT2D eigenvalue weighted by Gasteiger charge is -2.15. The quantitative estimate of drug-likeness (QED) is 0.287. The van der Waals surface area contributed by atoms with Crippen LogP contribution in [0.5, 0.6) is 0 Å². The number of hydrogen-bond donors (Lipinski definition) is 2. The minimum atomic E-state index is -0.800. The third-order valence-electron chi connectivity index (χ3n) is 5.81. The smallest absolute Gasteiger partial charge is 0.114 e. The zero-order valence-corrected chi connectivity index (χ0v) is 18.8. The molecule has 2 atom stereocenters. The Morgan fingerprint density at radius 3 is 1.06 bits per heavy atom. The van der Waals surface area contributed by atoms with Crippen molar-refractivity contribution in [3.05, 3.63) is 142 Å². The fraction of sp³-hybridized carbons (Fsp3) is 0.0667. The normalized spacial score (nSPS) is 12.9. The monoisotopic (exact) mass is 448 g/mol. The highest BCUT2D eigenvalue weighted by Crippen LogP contribution is 2.49. The molecule has 4 aromatic carbocycles. The second-order valence-electron chi connectivity index (χ2n) is 7.94. The van der Waals surface area contributed by atoms with Gasteiger partial charge in [-0.2, -0.15) is 0 Å². The summed E-state index contributed by atoms with van der Waals surface area (Å²) in [5, 5.41) is 23.0. The van der Waals surface area contributed by atoms with E-state index in [9.17, 15) is 10.2 Å². The molecule has 2 nitrogen and oxygen atoms in total. The van der Waals surface area contributed by atoms with Crippen LogP contribution in [-0.4, -0.2) is 10.2 Å². The van der Waals surface area contributed by atoms with Gasteiger partial charge in [-0.15, -0.1) is 11.3 Å². The lowest BCUT2D eigenvalue weighted by molar-refractivity contribution is 0.223. The van der Waals surface area contributed by atoms with Gasteiger partial charge in [0.2, 0.25) is 0 Å². The number of rotatable bonds is 6. The molecular weight excluding hydrogens is 424 g/mol. The molecule has 0 amide bonds. The molecule has 0 saturated carbocycles. The Morgan fingerprint density at radius 2 is 0.727 bits per heavy atom.